The van der Waals surface area contributed by atoms with Gasteiger partial charge in [-0.3, -0.25) is 4.79 Å². The Balaban J connectivity index is 1.73. The number of benzene rings is 2. The van der Waals surface area contributed by atoms with Crippen molar-refractivity contribution in [2.75, 3.05) is 31.6 Å². The fraction of sp³-hybridized carbons (Fsp3) is 0.200. The van der Waals surface area contributed by atoms with Crippen LogP contribution in [0.5, 0.6) is 0 Å². The summed E-state index contributed by atoms with van der Waals surface area (Å²) in [4.78, 5) is 19.0. The maximum atomic E-state index is 14.0. The largest absolute Gasteiger partial charge is 0.378 e. The fourth-order valence-electron chi connectivity index (χ4n) is 3.12. The van der Waals surface area contributed by atoms with Gasteiger partial charge < -0.3 is 15.0 Å². The number of carbonyl (C=O) groups excluding carboxylic acids is 1. The number of nitrogens with zero attached hydrogens (tertiary/aromatic N) is 2. The van der Waals surface area contributed by atoms with Crippen LogP contribution in [-0.2, 0) is 4.74 Å². The van der Waals surface area contributed by atoms with Crippen molar-refractivity contribution in [1.29, 1.82) is 0 Å². The number of fused-ring (bicyclic) bond motifs is 1. The number of ether oxygens (including phenoxy) is 1. The molecule has 0 spiro atoms. The summed E-state index contributed by atoms with van der Waals surface area (Å²) in [5.41, 5.74) is 0.596. The Hall–Kier alpha value is -3.06. The number of morpholine rings is 1. The van der Waals surface area contributed by atoms with E-state index in [9.17, 15) is 13.6 Å². The normalized spacial score (nSPS) is 14.4. The minimum atomic E-state index is -0.714. The Kier molecular flexibility index (Phi) is 4.68. The van der Waals surface area contributed by atoms with E-state index in [1.165, 1.54) is 18.3 Å². The van der Waals surface area contributed by atoms with Crippen molar-refractivity contribution in [2.24, 2.45) is 0 Å². The van der Waals surface area contributed by atoms with Crippen molar-refractivity contribution in [1.82, 2.24) is 9.88 Å². The van der Waals surface area contributed by atoms with Crippen LogP contribution in [-0.4, -0.2) is 42.1 Å². The minimum absolute atomic E-state index is 0.110. The van der Waals surface area contributed by atoms with Crippen LogP contribution in [0, 0.1) is 11.6 Å². The molecule has 1 amide bonds. The van der Waals surface area contributed by atoms with Crippen LogP contribution in [0.2, 0.25) is 0 Å². The van der Waals surface area contributed by atoms with Gasteiger partial charge >= 0.3 is 0 Å². The Bertz CT molecular complexity index is 1000. The molecule has 1 aromatic heterocycles. The SMILES string of the molecule is O=C(c1cnc(Nc2ccc(F)cc2F)c2ccccc12)N1CCOCC1. The smallest absolute Gasteiger partial charge is 0.256 e. The van der Waals surface area contributed by atoms with Gasteiger partial charge in [-0.05, 0) is 17.5 Å². The second kappa shape index (κ2) is 7.28. The second-order valence-corrected chi connectivity index (χ2v) is 6.22. The molecule has 1 fully saturated rings. The summed E-state index contributed by atoms with van der Waals surface area (Å²) in [6.07, 6.45) is 1.49. The number of pyridine rings is 1. The predicted octanol–water partition coefficient (Wildman–Crippen LogP) is 3.73. The molecule has 0 bridgehead atoms. The van der Waals surface area contributed by atoms with E-state index in [1.54, 1.807) is 4.90 Å². The maximum Gasteiger partial charge on any atom is 0.256 e. The molecule has 0 atom stereocenters. The number of rotatable bonds is 3. The first-order valence-electron chi connectivity index (χ1n) is 8.60. The van der Waals surface area contributed by atoms with Crippen LogP contribution in [0.4, 0.5) is 20.3 Å². The number of carbonyl (C=O) groups is 1. The lowest BCUT2D eigenvalue weighted by Crippen LogP contribution is -2.40. The van der Waals surface area contributed by atoms with Crippen molar-refractivity contribution >= 4 is 28.2 Å². The van der Waals surface area contributed by atoms with Gasteiger partial charge in [-0.25, -0.2) is 13.8 Å². The third kappa shape index (κ3) is 3.46. The summed E-state index contributed by atoms with van der Waals surface area (Å²) < 4.78 is 32.4. The Morgan fingerprint density at radius 3 is 2.56 bits per heavy atom. The molecule has 0 unspecified atom stereocenters. The van der Waals surface area contributed by atoms with Crippen molar-refractivity contribution in [3.05, 3.63) is 65.9 Å². The van der Waals surface area contributed by atoms with Gasteiger partial charge in [0.05, 0.1) is 24.5 Å². The van der Waals surface area contributed by atoms with Gasteiger partial charge in [-0.1, -0.05) is 24.3 Å². The van der Waals surface area contributed by atoms with Crippen LogP contribution in [0.3, 0.4) is 0 Å². The van der Waals surface area contributed by atoms with Crippen LogP contribution in [0.25, 0.3) is 10.8 Å². The molecule has 1 N–H and O–H groups in total. The van der Waals surface area contributed by atoms with Gasteiger partial charge in [0.25, 0.3) is 5.91 Å². The molecular weight excluding hydrogens is 352 g/mol. The Morgan fingerprint density at radius 2 is 1.81 bits per heavy atom. The van der Waals surface area contributed by atoms with E-state index in [1.807, 2.05) is 24.3 Å². The van der Waals surface area contributed by atoms with Gasteiger partial charge in [0, 0.05) is 30.7 Å². The van der Waals surface area contributed by atoms with E-state index in [2.05, 4.69) is 10.3 Å². The summed E-state index contributed by atoms with van der Waals surface area (Å²) in [5, 5.41) is 4.29. The van der Waals surface area contributed by atoms with E-state index in [0.29, 0.717) is 48.5 Å². The molecule has 3 aromatic rings. The number of hydrogen-bond acceptors (Lipinski definition) is 4. The first kappa shape index (κ1) is 17.4. The molecule has 1 aliphatic heterocycles. The highest BCUT2D eigenvalue weighted by Gasteiger charge is 2.21. The Labute approximate surface area is 154 Å². The molecule has 5 nitrogen and oxygen atoms in total. The standard InChI is InChI=1S/C20H17F2N3O2/c21-13-5-6-18(17(22)11-13)24-19-15-4-2-1-3-14(15)16(12-23-19)20(26)25-7-9-27-10-8-25/h1-6,11-12H,7-10H2,(H,23,24). The van der Waals surface area contributed by atoms with Gasteiger partial charge in [-0.2, -0.15) is 0 Å². The van der Waals surface area contributed by atoms with E-state index in [4.69, 9.17) is 4.74 Å². The van der Waals surface area contributed by atoms with Crippen LogP contribution >= 0.6 is 0 Å². The number of nitrogens with one attached hydrogen (secondary N) is 1. The topological polar surface area (TPSA) is 54.5 Å². The average Bonchev–Trinajstić information content (AvgIpc) is 2.70. The summed E-state index contributed by atoms with van der Waals surface area (Å²) in [7, 11) is 0. The van der Waals surface area contributed by atoms with Crippen molar-refractivity contribution in [3.8, 4) is 0 Å². The van der Waals surface area contributed by atoms with Crippen molar-refractivity contribution in [3.63, 3.8) is 0 Å². The van der Waals surface area contributed by atoms with Gasteiger partial charge in [0.1, 0.15) is 17.5 Å². The van der Waals surface area contributed by atoms with E-state index < -0.39 is 11.6 Å². The summed E-state index contributed by atoms with van der Waals surface area (Å²) in [5.74, 6) is -1.08. The van der Waals surface area contributed by atoms with Crippen LogP contribution < -0.4 is 5.32 Å². The highest BCUT2D eigenvalue weighted by molar-refractivity contribution is 6.09. The van der Waals surface area contributed by atoms with Crippen molar-refractivity contribution in [2.45, 2.75) is 0 Å². The molecule has 138 valence electrons. The number of hydrogen-bond donors (Lipinski definition) is 1. The lowest BCUT2D eigenvalue weighted by Gasteiger charge is -2.27. The molecule has 4 rings (SSSR count). The monoisotopic (exact) mass is 369 g/mol. The molecule has 2 heterocycles. The molecule has 1 aliphatic rings. The van der Waals surface area contributed by atoms with Gasteiger partial charge in [0.2, 0.25) is 0 Å². The quantitative estimate of drug-likeness (QED) is 0.764. The zero-order valence-corrected chi connectivity index (χ0v) is 14.4. The third-order valence-electron chi connectivity index (χ3n) is 4.51. The number of amides is 1. The second-order valence-electron chi connectivity index (χ2n) is 6.22. The zero-order chi connectivity index (χ0) is 18.8. The Morgan fingerprint density at radius 1 is 1.07 bits per heavy atom. The zero-order valence-electron chi connectivity index (χ0n) is 14.4. The van der Waals surface area contributed by atoms with Crippen molar-refractivity contribution < 1.29 is 18.3 Å². The molecule has 2 aromatic carbocycles. The first-order valence-corrected chi connectivity index (χ1v) is 8.60. The molecule has 27 heavy (non-hydrogen) atoms. The van der Waals surface area contributed by atoms with Gasteiger partial charge in [0.15, 0.2) is 0 Å². The number of halogens is 2. The van der Waals surface area contributed by atoms with E-state index in [0.717, 1.165) is 6.07 Å². The third-order valence-corrected chi connectivity index (χ3v) is 4.51. The molecule has 7 heteroatoms. The molecular formula is C20H17F2N3O2. The maximum absolute atomic E-state index is 14.0. The lowest BCUT2D eigenvalue weighted by molar-refractivity contribution is 0.0304. The van der Waals surface area contributed by atoms with Gasteiger partial charge in [-0.15, -0.1) is 0 Å². The lowest BCUT2D eigenvalue weighted by atomic mass is 10.1. The van der Waals surface area contributed by atoms with E-state index in [-0.39, 0.29) is 11.6 Å². The van der Waals surface area contributed by atoms with Crippen LogP contribution in [0.1, 0.15) is 10.4 Å². The highest BCUT2D eigenvalue weighted by Crippen LogP contribution is 2.29. The number of aromatic nitrogens is 1. The molecule has 1 saturated heterocycles. The summed E-state index contributed by atoms with van der Waals surface area (Å²) >= 11 is 0. The highest BCUT2D eigenvalue weighted by atomic mass is 19.1. The first-order chi connectivity index (χ1) is 13.1. The minimum Gasteiger partial charge on any atom is -0.378 e. The molecule has 0 radical (unpaired) electrons. The predicted molar refractivity (Wildman–Crippen MR) is 98.1 cm³/mol. The summed E-state index contributed by atoms with van der Waals surface area (Å²) in [6, 6.07) is 10.6. The van der Waals surface area contributed by atoms with Crippen LogP contribution in [0.15, 0.2) is 48.7 Å². The molecule has 0 aliphatic carbocycles. The fourth-order valence-corrected chi connectivity index (χ4v) is 3.12. The average molecular weight is 369 g/mol. The summed E-state index contributed by atoms with van der Waals surface area (Å²) in [6.45, 7) is 2.10. The van der Waals surface area contributed by atoms with E-state index >= 15 is 0 Å². The number of anilines is 2. The molecule has 0 saturated carbocycles.